The van der Waals surface area contributed by atoms with Gasteiger partial charge in [0, 0.05) is 25.9 Å². The number of thioether (sulfide) groups is 2. The minimum absolute atomic E-state index is 0.183. The van der Waals surface area contributed by atoms with Crippen molar-refractivity contribution in [1.82, 2.24) is 9.80 Å². The number of nitrogens with zero attached hydrogens (tertiary/aromatic N) is 2. The van der Waals surface area contributed by atoms with Gasteiger partial charge in [-0.25, -0.2) is 0 Å². The number of carbonyl (C=O) groups excluding carboxylic acids is 4. The Bertz CT molecular complexity index is 734. The van der Waals surface area contributed by atoms with E-state index in [1.807, 2.05) is 0 Å². The van der Waals surface area contributed by atoms with E-state index in [0.717, 1.165) is 23.5 Å². The number of esters is 2. The molecular formula is C18H22N2O6S4. The third-order valence-electron chi connectivity index (χ3n) is 4.04. The van der Waals surface area contributed by atoms with Gasteiger partial charge in [-0.05, 0) is 26.7 Å². The SMILES string of the molecule is CCOC(=O)CCCN1C(=O)C(=C2SC(=S)N(CCCC(=O)OCC)C2=O)SC1=S. The van der Waals surface area contributed by atoms with Crippen LogP contribution in [-0.4, -0.2) is 68.5 Å². The summed E-state index contributed by atoms with van der Waals surface area (Å²) in [6.07, 6.45) is 1.19. The Morgan fingerprint density at radius 2 is 1.17 bits per heavy atom. The van der Waals surface area contributed by atoms with E-state index < -0.39 is 0 Å². The molecule has 12 heteroatoms. The van der Waals surface area contributed by atoms with Crippen molar-refractivity contribution in [2.75, 3.05) is 26.3 Å². The van der Waals surface area contributed by atoms with Crippen LogP contribution in [0.1, 0.15) is 39.5 Å². The zero-order chi connectivity index (χ0) is 22.3. The van der Waals surface area contributed by atoms with Crippen molar-refractivity contribution in [3.05, 3.63) is 9.81 Å². The van der Waals surface area contributed by atoms with E-state index in [0.29, 0.717) is 34.7 Å². The molecule has 2 amide bonds. The van der Waals surface area contributed by atoms with E-state index in [1.54, 1.807) is 13.8 Å². The smallest absolute Gasteiger partial charge is 0.305 e. The van der Waals surface area contributed by atoms with E-state index in [2.05, 4.69) is 0 Å². The first-order chi connectivity index (χ1) is 14.3. The van der Waals surface area contributed by atoms with Crippen LogP contribution in [0.15, 0.2) is 9.81 Å². The average molecular weight is 491 g/mol. The molecule has 2 rings (SSSR count). The van der Waals surface area contributed by atoms with Crippen LogP contribution in [-0.2, 0) is 28.7 Å². The van der Waals surface area contributed by atoms with E-state index in [4.69, 9.17) is 33.9 Å². The zero-order valence-electron chi connectivity index (χ0n) is 16.6. The second-order valence-electron chi connectivity index (χ2n) is 6.12. The molecule has 0 atom stereocenters. The normalized spacial score (nSPS) is 19.1. The van der Waals surface area contributed by atoms with Gasteiger partial charge in [0.1, 0.15) is 8.64 Å². The number of rotatable bonds is 10. The maximum absolute atomic E-state index is 12.8. The summed E-state index contributed by atoms with van der Waals surface area (Å²) < 4.78 is 10.4. The second kappa shape index (κ2) is 11.8. The minimum Gasteiger partial charge on any atom is -0.466 e. The summed E-state index contributed by atoms with van der Waals surface area (Å²) >= 11 is 12.7. The highest BCUT2D eigenvalue weighted by Crippen LogP contribution is 2.42. The van der Waals surface area contributed by atoms with Gasteiger partial charge in [-0.15, -0.1) is 0 Å². The maximum atomic E-state index is 12.8. The highest BCUT2D eigenvalue weighted by atomic mass is 32.2. The molecule has 0 saturated carbocycles. The van der Waals surface area contributed by atoms with Crippen LogP contribution >= 0.6 is 48.0 Å². The molecule has 0 aliphatic carbocycles. The van der Waals surface area contributed by atoms with E-state index >= 15 is 0 Å². The molecule has 0 aromatic carbocycles. The van der Waals surface area contributed by atoms with Gasteiger partial charge in [0.05, 0.1) is 23.0 Å². The highest BCUT2D eigenvalue weighted by molar-refractivity contribution is 8.29. The third kappa shape index (κ3) is 6.25. The highest BCUT2D eigenvalue weighted by Gasteiger charge is 2.41. The summed E-state index contributed by atoms with van der Waals surface area (Å²) in [5.74, 6) is -1.37. The van der Waals surface area contributed by atoms with Crippen molar-refractivity contribution in [2.45, 2.75) is 39.5 Å². The molecule has 2 aliphatic rings. The van der Waals surface area contributed by atoms with Gasteiger partial charge in [0.2, 0.25) is 0 Å². The van der Waals surface area contributed by atoms with Crippen LogP contribution in [0.3, 0.4) is 0 Å². The lowest BCUT2D eigenvalue weighted by molar-refractivity contribution is -0.144. The lowest BCUT2D eigenvalue weighted by atomic mass is 10.3. The summed E-state index contributed by atoms with van der Waals surface area (Å²) in [4.78, 5) is 51.8. The molecule has 0 N–H and O–H groups in total. The Kier molecular flexibility index (Phi) is 9.72. The first-order valence-corrected chi connectivity index (χ1v) is 11.9. The predicted molar refractivity (Wildman–Crippen MR) is 123 cm³/mol. The second-order valence-corrected chi connectivity index (χ2v) is 9.41. The summed E-state index contributed by atoms with van der Waals surface area (Å²) in [5.41, 5.74) is 0. The monoisotopic (exact) mass is 490 g/mol. The fourth-order valence-corrected chi connectivity index (χ4v) is 5.46. The van der Waals surface area contributed by atoms with Gasteiger partial charge in [0.15, 0.2) is 0 Å². The zero-order valence-corrected chi connectivity index (χ0v) is 19.9. The lowest BCUT2D eigenvalue weighted by Gasteiger charge is -2.14. The van der Waals surface area contributed by atoms with Crippen molar-refractivity contribution in [1.29, 1.82) is 0 Å². The number of carbonyl (C=O) groups is 4. The molecule has 0 aromatic heterocycles. The van der Waals surface area contributed by atoms with Crippen molar-refractivity contribution in [2.24, 2.45) is 0 Å². The quantitative estimate of drug-likeness (QED) is 0.258. The van der Waals surface area contributed by atoms with Gasteiger partial charge < -0.3 is 9.47 Å². The Morgan fingerprint density at radius 3 is 1.50 bits per heavy atom. The van der Waals surface area contributed by atoms with Crippen molar-refractivity contribution >= 4 is 80.4 Å². The number of thiocarbonyl (C=S) groups is 2. The molecule has 2 heterocycles. The minimum atomic E-state index is -0.360. The van der Waals surface area contributed by atoms with Gasteiger partial charge >= 0.3 is 11.9 Å². The molecule has 8 nitrogen and oxygen atoms in total. The maximum Gasteiger partial charge on any atom is 0.305 e. The molecule has 0 unspecified atom stereocenters. The van der Waals surface area contributed by atoms with E-state index in [1.165, 1.54) is 9.80 Å². The van der Waals surface area contributed by atoms with Crippen molar-refractivity contribution in [3.8, 4) is 0 Å². The Hall–Kier alpha value is -1.50. The topological polar surface area (TPSA) is 93.2 Å². The van der Waals surface area contributed by atoms with E-state index in [-0.39, 0.29) is 59.5 Å². The standard InChI is InChI=1S/C18H22N2O6S4/c1-3-25-11(21)7-5-9-19-15(23)13(29-17(19)27)14-16(24)20(18(28)30-14)10-6-8-12(22)26-4-2/h3-10H2,1-2H3. The molecule has 2 saturated heterocycles. The number of amides is 2. The van der Waals surface area contributed by atoms with Crippen LogP contribution in [0.2, 0.25) is 0 Å². The van der Waals surface area contributed by atoms with Crippen LogP contribution in [0.5, 0.6) is 0 Å². The number of hydrogen-bond donors (Lipinski definition) is 0. The first kappa shape index (κ1) is 24.8. The Labute approximate surface area is 194 Å². The Balaban J connectivity index is 1.98. The molecule has 2 aliphatic heterocycles. The van der Waals surface area contributed by atoms with Gasteiger partial charge in [-0.2, -0.15) is 0 Å². The molecule has 0 spiro atoms. The fraction of sp³-hybridized carbons (Fsp3) is 0.556. The summed E-state index contributed by atoms with van der Waals surface area (Å²) in [5, 5.41) is 0. The van der Waals surface area contributed by atoms with Crippen LogP contribution < -0.4 is 0 Å². The molecule has 0 aromatic rings. The lowest BCUT2D eigenvalue weighted by Crippen LogP contribution is -2.31. The van der Waals surface area contributed by atoms with Crippen LogP contribution in [0.4, 0.5) is 0 Å². The molecule has 164 valence electrons. The van der Waals surface area contributed by atoms with Crippen molar-refractivity contribution in [3.63, 3.8) is 0 Å². The van der Waals surface area contributed by atoms with Gasteiger partial charge in [0.25, 0.3) is 11.8 Å². The number of ether oxygens (including phenoxy) is 2. The van der Waals surface area contributed by atoms with Crippen LogP contribution in [0, 0.1) is 0 Å². The third-order valence-corrected chi connectivity index (χ3v) is 7.07. The summed E-state index contributed by atoms with van der Waals surface area (Å²) in [6, 6.07) is 0. The molecule has 30 heavy (non-hydrogen) atoms. The largest absolute Gasteiger partial charge is 0.466 e. The number of hydrogen-bond acceptors (Lipinski definition) is 10. The molecule has 0 radical (unpaired) electrons. The van der Waals surface area contributed by atoms with E-state index in [9.17, 15) is 19.2 Å². The van der Waals surface area contributed by atoms with Gasteiger partial charge in [-0.1, -0.05) is 48.0 Å². The Morgan fingerprint density at radius 1 is 0.800 bits per heavy atom. The van der Waals surface area contributed by atoms with Gasteiger partial charge in [-0.3, -0.25) is 29.0 Å². The van der Waals surface area contributed by atoms with Crippen molar-refractivity contribution < 1.29 is 28.7 Å². The van der Waals surface area contributed by atoms with Crippen LogP contribution in [0.25, 0.3) is 0 Å². The first-order valence-electron chi connectivity index (χ1n) is 9.43. The molecule has 2 fully saturated rings. The molecule has 0 bridgehead atoms. The average Bonchev–Trinajstić information content (AvgIpc) is 3.12. The summed E-state index contributed by atoms with van der Waals surface area (Å²) in [7, 11) is 0. The fourth-order valence-electron chi connectivity index (χ4n) is 2.69. The predicted octanol–water partition coefficient (Wildman–Crippen LogP) is 2.61. The summed E-state index contributed by atoms with van der Waals surface area (Å²) in [6.45, 7) is 4.61. The molecular weight excluding hydrogens is 468 g/mol.